The minimum atomic E-state index is -0.494. The molecule has 1 atom stereocenters. The Labute approximate surface area is 141 Å². The highest BCUT2D eigenvalue weighted by Gasteiger charge is 2.33. The van der Waals surface area contributed by atoms with Gasteiger partial charge in [0.25, 0.3) is 5.56 Å². The number of aromatic nitrogens is 4. The second-order valence-electron chi connectivity index (χ2n) is 5.62. The van der Waals surface area contributed by atoms with Gasteiger partial charge in [0.1, 0.15) is 23.6 Å². The SMILES string of the molecule is COc1ccc(OC)c([C@H]2CC(=O)Nc3c2c(=O)[nH]c2ncnn32)c1. The summed E-state index contributed by atoms with van der Waals surface area (Å²) >= 11 is 0. The van der Waals surface area contributed by atoms with E-state index < -0.39 is 5.92 Å². The number of H-pyrrole nitrogens is 1. The number of aromatic amines is 1. The lowest BCUT2D eigenvalue weighted by atomic mass is 9.86. The molecule has 1 aliphatic heterocycles. The van der Waals surface area contributed by atoms with Crippen LogP contribution in [0.25, 0.3) is 5.78 Å². The van der Waals surface area contributed by atoms with Crippen LogP contribution in [0.15, 0.2) is 29.3 Å². The van der Waals surface area contributed by atoms with Crippen LogP contribution < -0.4 is 20.3 Å². The van der Waals surface area contributed by atoms with E-state index in [0.717, 1.165) is 0 Å². The zero-order valence-electron chi connectivity index (χ0n) is 13.6. The van der Waals surface area contributed by atoms with Crippen molar-refractivity contribution in [3.63, 3.8) is 0 Å². The van der Waals surface area contributed by atoms with Crippen molar-refractivity contribution in [2.24, 2.45) is 0 Å². The van der Waals surface area contributed by atoms with Crippen LogP contribution in [-0.4, -0.2) is 39.7 Å². The Bertz CT molecular complexity index is 1040. The van der Waals surface area contributed by atoms with Gasteiger partial charge in [-0.15, -0.1) is 0 Å². The van der Waals surface area contributed by atoms with Crippen molar-refractivity contribution in [2.45, 2.75) is 12.3 Å². The third kappa shape index (κ3) is 2.32. The molecule has 2 N–H and O–H groups in total. The first-order valence-corrected chi connectivity index (χ1v) is 7.60. The van der Waals surface area contributed by atoms with Crippen molar-refractivity contribution in [2.75, 3.05) is 19.5 Å². The second-order valence-corrected chi connectivity index (χ2v) is 5.62. The number of carbonyl (C=O) groups is 1. The molecule has 1 aromatic carbocycles. The normalized spacial score (nSPS) is 16.4. The highest BCUT2D eigenvalue weighted by atomic mass is 16.5. The van der Waals surface area contributed by atoms with Crippen LogP contribution in [0.2, 0.25) is 0 Å². The molecule has 9 heteroatoms. The van der Waals surface area contributed by atoms with Crippen molar-refractivity contribution in [3.8, 4) is 11.5 Å². The number of benzene rings is 1. The topological polar surface area (TPSA) is 111 Å². The van der Waals surface area contributed by atoms with Gasteiger partial charge in [0.2, 0.25) is 11.7 Å². The monoisotopic (exact) mass is 341 g/mol. The number of anilines is 1. The summed E-state index contributed by atoms with van der Waals surface area (Å²) in [5.74, 6) is 1.06. The molecule has 3 aromatic rings. The number of carbonyl (C=O) groups excluding carboxylic acids is 1. The lowest BCUT2D eigenvalue weighted by molar-refractivity contribution is -0.116. The van der Waals surface area contributed by atoms with Crippen molar-refractivity contribution in [3.05, 3.63) is 46.0 Å². The van der Waals surface area contributed by atoms with Gasteiger partial charge in [0.05, 0.1) is 19.8 Å². The van der Waals surface area contributed by atoms with E-state index >= 15 is 0 Å². The summed E-state index contributed by atoms with van der Waals surface area (Å²) in [5.41, 5.74) is 0.775. The lowest BCUT2D eigenvalue weighted by Gasteiger charge is -2.26. The van der Waals surface area contributed by atoms with Gasteiger partial charge in [0.15, 0.2) is 0 Å². The Kier molecular flexibility index (Phi) is 3.41. The van der Waals surface area contributed by atoms with Crippen LogP contribution in [0, 0.1) is 0 Å². The maximum atomic E-state index is 12.7. The first-order valence-electron chi connectivity index (χ1n) is 7.60. The molecule has 1 aliphatic rings. The third-order valence-electron chi connectivity index (χ3n) is 4.29. The molecule has 0 spiro atoms. The van der Waals surface area contributed by atoms with Gasteiger partial charge in [-0.3, -0.25) is 14.6 Å². The zero-order chi connectivity index (χ0) is 17.6. The van der Waals surface area contributed by atoms with Gasteiger partial charge in [-0.2, -0.15) is 14.6 Å². The van der Waals surface area contributed by atoms with Gasteiger partial charge in [-0.05, 0) is 18.2 Å². The molecule has 1 amide bonds. The van der Waals surface area contributed by atoms with Crippen LogP contribution in [-0.2, 0) is 4.79 Å². The van der Waals surface area contributed by atoms with Gasteiger partial charge < -0.3 is 14.8 Å². The number of nitrogens with one attached hydrogen (secondary N) is 2. The number of rotatable bonds is 3. The maximum Gasteiger partial charge on any atom is 0.258 e. The smallest absolute Gasteiger partial charge is 0.258 e. The summed E-state index contributed by atoms with van der Waals surface area (Å²) in [6.45, 7) is 0. The molecule has 4 rings (SSSR count). The minimum absolute atomic E-state index is 0.111. The fourth-order valence-electron chi connectivity index (χ4n) is 3.17. The van der Waals surface area contributed by atoms with Crippen molar-refractivity contribution < 1.29 is 14.3 Å². The van der Waals surface area contributed by atoms with Crippen LogP contribution in [0.1, 0.15) is 23.5 Å². The fraction of sp³-hybridized carbons (Fsp3) is 0.250. The van der Waals surface area contributed by atoms with E-state index in [9.17, 15) is 9.59 Å². The molecule has 0 fully saturated rings. The molecule has 0 saturated heterocycles. The first-order chi connectivity index (χ1) is 12.1. The number of ether oxygens (including phenoxy) is 2. The van der Waals surface area contributed by atoms with Crippen LogP contribution >= 0.6 is 0 Å². The average molecular weight is 341 g/mol. The number of hydrogen-bond acceptors (Lipinski definition) is 6. The standard InChI is InChI=1S/C16H15N5O4/c1-24-8-3-4-11(25-2)9(5-8)10-6-12(22)19-14-13(10)15(23)20-16-17-7-18-21(14)16/h3-5,7,10H,6H2,1-2H3,(H,19,22)(H,17,18,20,23)/t10-/m1/s1. The molecule has 25 heavy (non-hydrogen) atoms. The molecule has 0 unspecified atom stereocenters. The quantitative estimate of drug-likeness (QED) is 0.732. The third-order valence-corrected chi connectivity index (χ3v) is 4.29. The number of methoxy groups -OCH3 is 2. The summed E-state index contributed by atoms with van der Waals surface area (Å²) in [5, 5.41) is 6.80. The maximum absolute atomic E-state index is 12.7. The molecule has 0 radical (unpaired) electrons. The number of hydrogen-bond donors (Lipinski definition) is 2. The highest BCUT2D eigenvalue weighted by Crippen LogP contribution is 2.40. The Hall–Kier alpha value is -3.36. The Balaban J connectivity index is 2.00. The molecule has 2 aromatic heterocycles. The van der Waals surface area contributed by atoms with Crippen molar-refractivity contribution in [1.29, 1.82) is 0 Å². The molecular weight excluding hydrogens is 326 g/mol. The van der Waals surface area contributed by atoms with Gasteiger partial charge in [-0.25, -0.2) is 0 Å². The van der Waals surface area contributed by atoms with E-state index in [1.54, 1.807) is 32.4 Å². The summed E-state index contributed by atoms with van der Waals surface area (Å²) in [4.78, 5) is 31.6. The average Bonchev–Trinajstić information content (AvgIpc) is 3.09. The predicted molar refractivity (Wildman–Crippen MR) is 88.2 cm³/mol. The zero-order valence-corrected chi connectivity index (χ0v) is 13.6. The summed E-state index contributed by atoms with van der Waals surface area (Å²) < 4.78 is 12.1. The molecule has 0 bridgehead atoms. The second kappa shape index (κ2) is 5.62. The Morgan fingerprint density at radius 2 is 2.08 bits per heavy atom. The van der Waals surface area contributed by atoms with Crippen LogP contribution in [0.3, 0.4) is 0 Å². The van der Waals surface area contributed by atoms with E-state index in [1.807, 2.05) is 0 Å². The summed E-state index contributed by atoms with van der Waals surface area (Å²) in [6, 6.07) is 5.29. The lowest BCUT2D eigenvalue weighted by Crippen LogP contribution is -2.32. The minimum Gasteiger partial charge on any atom is -0.497 e. The van der Waals surface area contributed by atoms with Crippen LogP contribution in [0.4, 0.5) is 5.82 Å². The molecule has 0 saturated carbocycles. The molecule has 0 aliphatic carbocycles. The number of nitrogens with zero attached hydrogens (tertiary/aromatic N) is 3. The molecule has 9 nitrogen and oxygen atoms in total. The number of fused-ring (bicyclic) bond motifs is 3. The van der Waals surface area contributed by atoms with Gasteiger partial charge >= 0.3 is 0 Å². The van der Waals surface area contributed by atoms with E-state index in [1.165, 1.54) is 10.8 Å². The highest BCUT2D eigenvalue weighted by molar-refractivity contribution is 5.94. The Morgan fingerprint density at radius 3 is 2.84 bits per heavy atom. The van der Waals surface area contributed by atoms with E-state index in [-0.39, 0.29) is 23.7 Å². The summed E-state index contributed by atoms with van der Waals surface area (Å²) in [7, 11) is 3.10. The fourth-order valence-corrected chi connectivity index (χ4v) is 3.17. The van der Waals surface area contributed by atoms with E-state index in [0.29, 0.717) is 28.4 Å². The first kappa shape index (κ1) is 15.2. The molecular formula is C16H15N5O4. The molecule has 3 heterocycles. The van der Waals surface area contributed by atoms with Gasteiger partial charge in [-0.1, -0.05) is 0 Å². The molecule has 128 valence electrons. The van der Waals surface area contributed by atoms with E-state index in [2.05, 4.69) is 20.4 Å². The van der Waals surface area contributed by atoms with E-state index in [4.69, 9.17) is 9.47 Å². The summed E-state index contributed by atoms with van der Waals surface area (Å²) in [6.07, 6.45) is 1.42. The van der Waals surface area contributed by atoms with Gasteiger partial charge in [0, 0.05) is 17.9 Å². The predicted octanol–water partition coefficient (Wildman–Crippen LogP) is 0.909. The van der Waals surface area contributed by atoms with Crippen LogP contribution in [0.5, 0.6) is 11.5 Å². The van der Waals surface area contributed by atoms with Crippen molar-refractivity contribution in [1.82, 2.24) is 19.6 Å². The van der Waals surface area contributed by atoms with Crippen molar-refractivity contribution >= 4 is 17.5 Å². The Morgan fingerprint density at radius 1 is 1.24 bits per heavy atom. The number of amides is 1. The largest absolute Gasteiger partial charge is 0.497 e.